The summed E-state index contributed by atoms with van der Waals surface area (Å²) < 4.78 is 5.54. The molecule has 2 saturated heterocycles. The van der Waals surface area contributed by atoms with E-state index in [1.807, 2.05) is 65.0 Å². The van der Waals surface area contributed by atoms with E-state index in [1.54, 1.807) is 9.80 Å². The van der Waals surface area contributed by atoms with Gasteiger partial charge in [-0.1, -0.05) is 44.2 Å². The molecule has 2 heterocycles. The average Bonchev–Trinajstić information content (AvgIpc) is 3.76. The largest absolute Gasteiger partial charge is 0.444 e. The highest BCUT2D eigenvalue weighted by Crippen LogP contribution is 2.23. The van der Waals surface area contributed by atoms with Crippen molar-refractivity contribution in [1.82, 2.24) is 31.1 Å². The summed E-state index contributed by atoms with van der Waals surface area (Å²) in [6, 6.07) is 6.62. The third-order valence-electron chi connectivity index (χ3n) is 8.79. The molecule has 3 fully saturated rings. The Morgan fingerprint density at radius 2 is 1.62 bits per heavy atom. The van der Waals surface area contributed by atoms with Crippen LogP contribution in [0.3, 0.4) is 0 Å². The minimum atomic E-state index is -1.21. The Balaban J connectivity index is 1.49. The SMILES string of the molecule is CC(C)CC(NC(=O)N(Cc1ccccc1)C1CCN(C(=O)OC(C)(C)C)CC1)C(=O)NC(C[C@@H]1CCNC1=O)C(=O)C(=O)NC1CC1. The lowest BCUT2D eigenvalue weighted by Gasteiger charge is -2.39. The summed E-state index contributed by atoms with van der Waals surface area (Å²) in [7, 11) is 0. The molecule has 4 N–H and O–H groups in total. The molecule has 0 aromatic heterocycles. The predicted octanol–water partition coefficient (Wildman–Crippen LogP) is 2.87. The van der Waals surface area contributed by atoms with Gasteiger partial charge in [0.05, 0.1) is 6.04 Å². The van der Waals surface area contributed by atoms with Crippen molar-refractivity contribution < 1.29 is 33.5 Å². The first kappa shape index (κ1) is 36.7. The topological polar surface area (TPSA) is 166 Å². The molecule has 48 heavy (non-hydrogen) atoms. The summed E-state index contributed by atoms with van der Waals surface area (Å²) in [6.45, 7) is 10.9. The van der Waals surface area contributed by atoms with Crippen LogP contribution < -0.4 is 21.3 Å². The molecule has 1 aromatic carbocycles. The Morgan fingerprint density at radius 1 is 0.958 bits per heavy atom. The number of carbonyl (C=O) groups excluding carboxylic acids is 6. The molecule has 2 unspecified atom stereocenters. The van der Waals surface area contributed by atoms with Crippen LogP contribution in [0.1, 0.15) is 85.1 Å². The maximum atomic E-state index is 14.1. The highest BCUT2D eigenvalue weighted by Gasteiger charge is 2.38. The molecule has 4 rings (SSSR count). The van der Waals surface area contributed by atoms with E-state index in [4.69, 9.17) is 4.74 Å². The molecule has 1 aliphatic carbocycles. The molecule has 1 aromatic rings. The third-order valence-corrected chi connectivity index (χ3v) is 8.79. The van der Waals surface area contributed by atoms with Crippen LogP contribution in [-0.4, -0.2) is 94.8 Å². The van der Waals surface area contributed by atoms with Gasteiger partial charge in [-0.2, -0.15) is 0 Å². The van der Waals surface area contributed by atoms with E-state index < -0.39 is 53.3 Å². The monoisotopic (exact) mass is 668 g/mol. The van der Waals surface area contributed by atoms with Gasteiger partial charge in [0.25, 0.3) is 5.91 Å². The number of Topliss-reactive ketones (excluding diaryl/α,β-unsaturated/α-hetero) is 1. The van der Waals surface area contributed by atoms with Crippen molar-refractivity contribution in [1.29, 1.82) is 0 Å². The third kappa shape index (κ3) is 10.9. The number of urea groups is 1. The van der Waals surface area contributed by atoms with Crippen molar-refractivity contribution >= 4 is 35.6 Å². The Hall–Kier alpha value is -4.16. The second-order valence-corrected chi connectivity index (χ2v) is 14.6. The lowest BCUT2D eigenvalue weighted by Crippen LogP contribution is -2.58. The second-order valence-electron chi connectivity index (χ2n) is 14.6. The molecule has 1 saturated carbocycles. The van der Waals surface area contributed by atoms with E-state index in [1.165, 1.54) is 0 Å². The van der Waals surface area contributed by atoms with Crippen molar-refractivity contribution in [3.63, 3.8) is 0 Å². The number of hydrogen-bond acceptors (Lipinski definition) is 7. The number of ether oxygens (including phenoxy) is 1. The number of amides is 6. The van der Waals surface area contributed by atoms with E-state index in [2.05, 4.69) is 21.3 Å². The quantitative estimate of drug-likeness (QED) is 0.235. The number of likely N-dealkylation sites (tertiary alicyclic amines) is 1. The fraction of sp³-hybridized carbons (Fsp3) is 0.657. The molecular formula is C35H52N6O7. The number of nitrogens with zero attached hydrogens (tertiary/aromatic N) is 2. The molecule has 0 radical (unpaired) electrons. The van der Waals surface area contributed by atoms with Gasteiger partial charge in [0, 0.05) is 44.2 Å². The summed E-state index contributed by atoms with van der Waals surface area (Å²) in [5.41, 5.74) is 0.294. The van der Waals surface area contributed by atoms with Crippen LogP contribution >= 0.6 is 0 Å². The average molecular weight is 669 g/mol. The van der Waals surface area contributed by atoms with Crippen molar-refractivity contribution in [2.75, 3.05) is 19.6 Å². The van der Waals surface area contributed by atoms with Gasteiger partial charge in [0.1, 0.15) is 11.6 Å². The number of piperidine rings is 1. The van der Waals surface area contributed by atoms with Gasteiger partial charge in [0.15, 0.2) is 0 Å². The molecule has 6 amide bonds. The minimum Gasteiger partial charge on any atom is -0.444 e. The molecular weight excluding hydrogens is 616 g/mol. The van der Waals surface area contributed by atoms with Crippen LogP contribution in [-0.2, 0) is 30.5 Å². The number of rotatable bonds is 13. The molecule has 0 bridgehead atoms. The first-order valence-corrected chi connectivity index (χ1v) is 17.2. The smallest absolute Gasteiger partial charge is 0.410 e. The fourth-order valence-corrected chi connectivity index (χ4v) is 6.07. The highest BCUT2D eigenvalue weighted by molar-refractivity contribution is 6.38. The van der Waals surface area contributed by atoms with Crippen LogP contribution in [0, 0.1) is 11.8 Å². The number of hydrogen-bond donors (Lipinski definition) is 4. The van der Waals surface area contributed by atoms with Gasteiger partial charge >= 0.3 is 12.1 Å². The lowest BCUT2D eigenvalue weighted by atomic mass is 9.94. The van der Waals surface area contributed by atoms with E-state index in [0.29, 0.717) is 45.4 Å². The second kappa shape index (κ2) is 16.3. The van der Waals surface area contributed by atoms with Gasteiger partial charge in [-0.25, -0.2) is 9.59 Å². The summed E-state index contributed by atoms with van der Waals surface area (Å²) in [6.07, 6.45) is 3.02. The van der Waals surface area contributed by atoms with Crippen molar-refractivity contribution in [3.8, 4) is 0 Å². The fourth-order valence-electron chi connectivity index (χ4n) is 6.07. The number of ketones is 1. The number of carbonyl (C=O) groups is 6. The Labute approximate surface area is 283 Å². The molecule has 264 valence electrons. The van der Waals surface area contributed by atoms with Crippen LogP contribution in [0.25, 0.3) is 0 Å². The van der Waals surface area contributed by atoms with Crippen LogP contribution in [0.15, 0.2) is 30.3 Å². The van der Waals surface area contributed by atoms with Crippen LogP contribution in [0.2, 0.25) is 0 Å². The zero-order chi connectivity index (χ0) is 35.0. The Morgan fingerprint density at radius 3 is 2.19 bits per heavy atom. The minimum absolute atomic E-state index is 0.00675. The van der Waals surface area contributed by atoms with E-state index in [0.717, 1.165) is 18.4 Å². The molecule has 3 aliphatic rings. The van der Waals surface area contributed by atoms with Crippen LogP contribution in [0.5, 0.6) is 0 Å². The summed E-state index contributed by atoms with van der Waals surface area (Å²) >= 11 is 0. The maximum Gasteiger partial charge on any atom is 0.410 e. The van der Waals surface area contributed by atoms with E-state index in [9.17, 15) is 28.8 Å². The number of benzene rings is 1. The molecule has 3 atom stereocenters. The van der Waals surface area contributed by atoms with Gasteiger partial charge in [-0.05, 0) is 77.2 Å². The predicted molar refractivity (Wildman–Crippen MR) is 178 cm³/mol. The van der Waals surface area contributed by atoms with Gasteiger partial charge in [-0.3, -0.25) is 19.2 Å². The summed E-state index contributed by atoms with van der Waals surface area (Å²) in [5, 5.41) is 11.1. The van der Waals surface area contributed by atoms with E-state index in [-0.39, 0.29) is 36.8 Å². The first-order chi connectivity index (χ1) is 22.7. The molecule has 13 heteroatoms. The highest BCUT2D eigenvalue weighted by atomic mass is 16.6. The van der Waals surface area contributed by atoms with Crippen molar-refractivity contribution in [3.05, 3.63) is 35.9 Å². The maximum absolute atomic E-state index is 14.1. The zero-order valence-electron chi connectivity index (χ0n) is 28.9. The van der Waals surface area contributed by atoms with Gasteiger partial charge < -0.3 is 35.8 Å². The molecule has 13 nitrogen and oxygen atoms in total. The normalized spacial score (nSPS) is 19.6. The Kier molecular flexibility index (Phi) is 12.4. The van der Waals surface area contributed by atoms with Crippen molar-refractivity contribution in [2.24, 2.45) is 11.8 Å². The molecule has 2 aliphatic heterocycles. The van der Waals surface area contributed by atoms with Gasteiger partial charge in [-0.15, -0.1) is 0 Å². The Bertz CT molecular complexity index is 1320. The first-order valence-electron chi connectivity index (χ1n) is 17.2. The summed E-state index contributed by atoms with van der Waals surface area (Å²) in [5.74, 6) is -2.89. The number of nitrogens with one attached hydrogen (secondary N) is 4. The van der Waals surface area contributed by atoms with Crippen LogP contribution in [0.4, 0.5) is 9.59 Å². The standard InChI is InChI=1S/C35H52N6O7/c1-22(2)19-28(31(44)38-27(20-24-13-16-36-30(24)43)29(42)32(45)37-25-11-12-25)39-33(46)41(21-23-9-7-6-8-10-23)26-14-17-40(18-15-26)34(47)48-35(3,4)5/h6-10,22,24-28H,11-21H2,1-5H3,(H,36,43)(H,37,45)(H,38,44)(H,39,46)/t24-,27?,28?/m0/s1. The van der Waals surface area contributed by atoms with Crippen molar-refractivity contribution in [2.45, 2.75) is 116 Å². The lowest BCUT2D eigenvalue weighted by molar-refractivity contribution is -0.141. The van der Waals surface area contributed by atoms with Gasteiger partial charge in [0.2, 0.25) is 17.6 Å². The van der Waals surface area contributed by atoms with E-state index >= 15 is 0 Å². The summed E-state index contributed by atoms with van der Waals surface area (Å²) in [4.78, 5) is 82.4. The molecule has 0 spiro atoms. The zero-order valence-corrected chi connectivity index (χ0v) is 28.9.